The molecule has 0 aliphatic rings. The number of hydrogen-bond donors (Lipinski definition) is 0. The number of rotatable bonds is 1. The van der Waals surface area contributed by atoms with Gasteiger partial charge in [0.05, 0.1) is 0 Å². The maximum Gasteiger partial charge on any atom is 0.458 e. The fourth-order valence-electron chi connectivity index (χ4n) is 0.546. The van der Waals surface area contributed by atoms with Crippen LogP contribution in [0.3, 0.4) is 0 Å². The molecule has 0 nitrogen and oxygen atoms in total. The van der Waals surface area contributed by atoms with Gasteiger partial charge in [0.1, 0.15) is 10.1 Å². The summed E-state index contributed by atoms with van der Waals surface area (Å²) < 4.78 is 92.5. The molecular weight excluding hydrogens is 283 g/mol. The summed E-state index contributed by atoms with van der Waals surface area (Å²) >= 11 is 8.73. The highest BCUT2D eigenvalue weighted by Crippen LogP contribution is 2.49. The Balaban J connectivity index is 5.63. The molecule has 15 heavy (non-hydrogen) atoms. The Hall–Kier alpha value is -0.240. The standard InChI is InChI=1S/C5Cl2F8/c6-2(7)1(4(10,11)12)3(8,9)5(13,14)15. The van der Waals surface area contributed by atoms with E-state index in [1.165, 1.54) is 0 Å². The molecule has 0 rings (SSSR count). The Kier molecular flexibility index (Phi) is 3.91. The van der Waals surface area contributed by atoms with Crippen molar-refractivity contribution in [3.63, 3.8) is 0 Å². The number of allylic oxidation sites excluding steroid dienone is 1. The summed E-state index contributed by atoms with van der Waals surface area (Å²) in [5.41, 5.74) is -3.33. The molecule has 0 saturated carbocycles. The summed E-state index contributed by atoms with van der Waals surface area (Å²) in [4.78, 5) is 0. The van der Waals surface area contributed by atoms with Gasteiger partial charge in [-0.15, -0.1) is 0 Å². The maximum absolute atomic E-state index is 12.3. The molecule has 0 heterocycles. The largest absolute Gasteiger partial charge is 0.458 e. The summed E-state index contributed by atoms with van der Waals surface area (Å²) in [5, 5.41) is 0. The van der Waals surface area contributed by atoms with Crippen LogP contribution in [0.15, 0.2) is 10.1 Å². The van der Waals surface area contributed by atoms with Gasteiger partial charge in [-0.25, -0.2) is 0 Å². The van der Waals surface area contributed by atoms with Gasteiger partial charge in [-0.3, -0.25) is 0 Å². The van der Waals surface area contributed by atoms with Crippen LogP contribution in [-0.2, 0) is 0 Å². The second-order valence-corrected chi connectivity index (χ2v) is 3.15. The van der Waals surface area contributed by atoms with Crippen molar-refractivity contribution in [2.75, 3.05) is 0 Å². The van der Waals surface area contributed by atoms with Crippen LogP contribution < -0.4 is 0 Å². The lowest BCUT2D eigenvalue weighted by atomic mass is 10.1. The van der Waals surface area contributed by atoms with Crippen molar-refractivity contribution in [1.82, 2.24) is 0 Å². The Labute approximate surface area is 87.4 Å². The molecule has 10 heteroatoms. The molecule has 0 saturated heterocycles. The van der Waals surface area contributed by atoms with Crippen molar-refractivity contribution < 1.29 is 35.1 Å². The lowest BCUT2D eigenvalue weighted by molar-refractivity contribution is -0.281. The average molecular weight is 283 g/mol. The van der Waals surface area contributed by atoms with Crippen LogP contribution in [0.2, 0.25) is 0 Å². The van der Waals surface area contributed by atoms with Gasteiger partial charge in [-0.2, -0.15) is 35.1 Å². The first-order chi connectivity index (χ1) is 6.32. The van der Waals surface area contributed by atoms with Gasteiger partial charge < -0.3 is 0 Å². The second kappa shape index (κ2) is 3.97. The molecule has 0 fully saturated rings. The molecular formula is C5Cl2F8. The maximum atomic E-state index is 12.3. The van der Waals surface area contributed by atoms with Gasteiger partial charge in [0.25, 0.3) is 0 Å². The van der Waals surface area contributed by atoms with Crippen molar-refractivity contribution >= 4 is 23.2 Å². The quantitative estimate of drug-likeness (QED) is 0.624. The van der Waals surface area contributed by atoms with Crippen LogP contribution in [0.4, 0.5) is 35.1 Å². The predicted octanol–water partition coefficient (Wildman–Crippen LogP) is 4.44. The first-order valence-corrected chi connectivity index (χ1v) is 3.65. The van der Waals surface area contributed by atoms with Gasteiger partial charge in [0.2, 0.25) is 0 Å². The molecule has 0 aromatic rings. The summed E-state index contributed by atoms with van der Waals surface area (Å²) in [6, 6.07) is 0. The highest BCUT2D eigenvalue weighted by molar-refractivity contribution is 6.56. The highest BCUT2D eigenvalue weighted by atomic mass is 35.5. The summed E-state index contributed by atoms with van der Waals surface area (Å²) in [7, 11) is 0. The third-order valence-electron chi connectivity index (χ3n) is 1.14. The normalized spacial score (nSPS) is 14.0. The van der Waals surface area contributed by atoms with E-state index in [-0.39, 0.29) is 0 Å². The van der Waals surface area contributed by atoms with Crippen LogP contribution in [0.5, 0.6) is 0 Å². The molecule has 0 N–H and O–H groups in total. The Morgan fingerprint density at radius 2 is 1.07 bits per heavy atom. The van der Waals surface area contributed by atoms with Crippen LogP contribution in [0, 0.1) is 0 Å². The molecule has 0 amide bonds. The Bertz CT molecular complexity index is 268. The summed E-state index contributed by atoms with van der Waals surface area (Å²) in [5.74, 6) is -6.15. The topological polar surface area (TPSA) is 0 Å². The monoisotopic (exact) mass is 282 g/mol. The van der Waals surface area contributed by atoms with E-state index in [2.05, 4.69) is 23.2 Å². The average Bonchev–Trinajstić information content (AvgIpc) is 1.76. The van der Waals surface area contributed by atoms with Crippen molar-refractivity contribution in [1.29, 1.82) is 0 Å². The Morgan fingerprint density at radius 3 is 1.13 bits per heavy atom. The molecule has 0 atom stereocenters. The van der Waals surface area contributed by atoms with E-state index in [9.17, 15) is 35.1 Å². The minimum Gasteiger partial charge on any atom is -0.191 e. The predicted molar refractivity (Wildman–Crippen MR) is 35.8 cm³/mol. The molecule has 0 aromatic carbocycles. The number of hydrogen-bond acceptors (Lipinski definition) is 0. The third-order valence-corrected chi connectivity index (χ3v) is 1.52. The zero-order valence-corrected chi connectivity index (χ0v) is 7.79. The van der Waals surface area contributed by atoms with E-state index in [0.717, 1.165) is 0 Å². The SMILES string of the molecule is FC(F)(F)C(=C(Cl)Cl)C(F)(F)C(F)(F)F. The van der Waals surface area contributed by atoms with Crippen LogP contribution in [0.1, 0.15) is 0 Å². The molecule has 0 radical (unpaired) electrons. The molecule has 0 aliphatic carbocycles. The second-order valence-electron chi connectivity index (χ2n) is 2.21. The van der Waals surface area contributed by atoms with Crippen molar-refractivity contribution in [2.45, 2.75) is 18.3 Å². The minimum atomic E-state index is -6.42. The summed E-state index contributed by atoms with van der Waals surface area (Å²) in [6.45, 7) is 0. The van der Waals surface area contributed by atoms with Crippen LogP contribution >= 0.6 is 23.2 Å². The molecule has 0 aliphatic heterocycles. The number of alkyl halides is 8. The fraction of sp³-hybridized carbons (Fsp3) is 0.600. The molecule has 0 unspecified atom stereocenters. The molecule has 90 valence electrons. The molecule has 0 spiro atoms. The van der Waals surface area contributed by atoms with E-state index in [4.69, 9.17) is 0 Å². The lowest BCUT2D eigenvalue weighted by Crippen LogP contribution is -2.43. The lowest BCUT2D eigenvalue weighted by Gasteiger charge is -2.24. The van der Waals surface area contributed by atoms with Crippen LogP contribution in [0.25, 0.3) is 0 Å². The van der Waals surface area contributed by atoms with Gasteiger partial charge >= 0.3 is 18.3 Å². The smallest absolute Gasteiger partial charge is 0.191 e. The van der Waals surface area contributed by atoms with Crippen molar-refractivity contribution in [2.24, 2.45) is 0 Å². The van der Waals surface area contributed by atoms with Crippen LogP contribution in [-0.4, -0.2) is 18.3 Å². The first-order valence-electron chi connectivity index (χ1n) is 2.89. The van der Waals surface area contributed by atoms with E-state index in [0.29, 0.717) is 0 Å². The zero-order chi connectivity index (χ0) is 12.7. The third kappa shape index (κ3) is 3.10. The highest BCUT2D eigenvalue weighted by Gasteiger charge is 2.67. The zero-order valence-electron chi connectivity index (χ0n) is 6.28. The summed E-state index contributed by atoms with van der Waals surface area (Å²) in [6.07, 6.45) is -12.4. The van der Waals surface area contributed by atoms with Gasteiger partial charge in [0, 0.05) is 0 Å². The molecule has 0 bridgehead atoms. The van der Waals surface area contributed by atoms with Gasteiger partial charge in [0.15, 0.2) is 0 Å². The first kappa shape index (κ1) is 14.8. The van der Waals surface area contributed by atoms with E-state index >= 15 is 0 Å². The van der Waals surface area contributed by atoms with E-state index in [1.807, 2.05) is 0 Å². The Morgan fingerprint density at radius 1 is 0.733 bits per heavy atom. The molecule has 0 aromatic heterocycles. The van der Waals surface area contributed by atoms with Gasteiger partial charge in [-0.1, -0.05) is 23.2 Å². The minimum absolute atomic E-state index is 2.18. The van der Waals surface area contributed by atoms with Gasteiger partial charge in [-0.05, 0) is 0 Å². The fourth-order valence-corrected chi connectivity index (χ4v) is 0.997. The van der Waals surface area contributed by atoms with Crippen molar-refractivity contribution in [3.05, 3.63) is 10.1 Å². The van der Waals surface area contributed by atoms with E-state index in [1.54, 1.807) is 0 Å². The number of halogens is 10. The van der Waals surface area contributed by atoms with Crippen molar-refractivity contribution in [3.8, 4) is 0 Å². The van der Waals surface area contributed by atoms with E-state index < -0.39 is 28.3 Å².